The molecule has 0 aliphatic carbocycles. The highest BCUT2D eigenvalue weighted by molar-refractivity contribution is 7.99. The summed E-state index contributed by atoms with van der Waals surface area (Å²) in [6, 6.07) is 9.44. The molecule has 7 nitrogen and oxygen atoms in total. The molecule has 8 heteroatoms. The van der Waals surface area contributed by atoms with Gasteiger partial charge in [-0.3, -0.25) is 4.79 Å². The first-order chi connectivity index (χ1) is 13.5. The number of hydrogen-bond acceptors (Lipinski definition) is 8. The van der Waals surface area contributed by atoms with Crippen molar-refractivity contribution in [1.29, 1.82) is 0 Å². The molecule has 3 rings (SSSR count). The Morgan fingerprint density at radius 1 is 1.21 bits per heavy atom. The molecule has 0 radical (unpaired) electrons. The van der Waals surface area contributed by atoms with Gasteiger partial charge in [-0.2, -0.15) is 0 Å². The van der Waals surface area contributed by atoms with Crippen molar-refractivity contribution in [2.45, 2.75) is 62.8 Å². The first-order valence-corrected chi connectivity index (χ1v) is 10.5. The Morgan fingerprint density at radius 3 is 2.64 bits per heavy atom. The molecule has 2 aliphatic heterocycles. The average Bonchev–Trinajstić information content (AvgIpc) is 2.70. The van der Waals surface area contributed by atoms with Gasteiger partial charge in [0.05, 0.1) is 13.0 Å². The molecule has 28 heavy (non-hydrogen) atoms. The Kier molecular flexibility index (Phi) is 7.48. The molecule has 2 heterocycles. The van der Waals surface area contributed by atoms with Gasteiger partial charge in [-0.05, 0) is 12.7 Å². The number of benzene rings is 1. The summed E-state index contributed by atoms with van der Waals surface area (Å²) in [6.45, 7) is 3.65. The van der Waals surface area contributed by atoms with Crippen molar-refractivity contribution in [2.75, 3.05) is 12.4 Å². The number of fused-ring (bicyclic) bond motifs is 1. The van der Waals surface area contributed by atoms with Crippen LogP contribution in [0.4, 0.5) is 0 Å². The van der Waals surface area contributed by atoms with Crippen LogP contribution in [0.2, 0.25) is 0 Å². The lowest BCUT2D eigenvalue weighted by Gasteiger charge is -2.47. The SMILES string of the molecule is CCS[C@@H]1O[C@@H]2CO[C@@H](c3ccccc3)O[C@H]2[C@H](O)[C@H]1OC(=O)CCC(C)=O. The van der Waals surface area contributed by atoms with Gasteiger partial charge in [0.2, 0.25) is 0 Å². The fourth-order valence-corrected chi connectivity index (χ4v) is 4.21. The van der Waals surface area contributed by atoms with E-state index in [1.54, 1.807) is 0 Å². The lowest BCUT2D eigenvalue weighted by molar-refractivity contribution is -0.319. The largest absolute Gasteiger partial charge is 0.456 e. The maximum atomic E-state index is 12.1. The van der Waals surface area contributed by atoms with E-state index in [1.165, 1.54) is 18.7 Å². The maximum absolute atomic E-state index is 12.1. The Hall–Kier alpha value is -1.45. The van der Waals surface area contributed by atoms with Gasteiger partial charge in [-0.25, -0.2) is 0 Å². The number of aliphatic hydroxyl groups excluding tert-OH is 1. The minimum atomic E-state index is -1.06. The van der Waals surface area contributed by atoms with E-state index < -0.39 is 42.1 Å². The molecule has 1 aromatic rings. The number of hydrogen-bond donors (Lipinski definition) is 1. The molecule has 0 saturated carbocycles. The van der Waals surface area contributed by atoms with Crippen molar-refractivity contribution in [3.63, 3.8) is 0 Å². The molecule has 0 spiro atoms. The third-order valence-electron chi connectivity index (χ3n) is 4.66. The molecule has 1 N–H and O–H groups in total. The van der Waals surface area contributed by atoms with Gasteiger partial charge >= 0.3 is 5.97 Å². The van der Waals surface area contributed by atoms with Crippen LogP contribution in [0.15, 0.2) is 30.3 Å². The second-order valence-corrected chi connectivity index (χ2v) is 8.20. The molecule has 0 aromatic heterocycles. The van der Waals surface area contributed by atoms with E-state index in [4.69, 9.17) is 18.9 Å². The van der Waals surface area contributed by atoms with Crippen LogP contribution in [0.3, 0.4) is 0 Å². The minimum absolute atomic E-state index is 0.0211. The van der Waals surface area contributed by atoms with Crippen LogP contribution in [-0.4, -0.2) is 59.1 Å². The normalized spacial score (nSPS) is 32.4. The topological polar surface area (TPSA) is 91.3 Å². The number of aliphatic hydroxyl groups is 1. The van der Waals surface area contributed by atoms with Crippen LogP contribution in [0.5, 0.6) is 0 Å². The number of rotatable bonds is 7. The highest BCUT2D eigenvalue weighted by atomic mass is 32.2. The summed E-state index contributed by atoms with van der Waals surface area (Å²) in [5.74, 6) is 0.107. The van der Waals surface area contributed by atoms with Gasteiger partial charge in [-0.1, -0.05) is 37.3 Å². The molecule has 154 valence electrons. The Bertz CT molecular complexity index is 668. The van der Waals surface area contributed by atoms with E-state index in [-0.39, 0.29) is 25.2 Å². The molecular weight excluding hydrogens is 384 g/mol. The highest BCUT2D eigenvalue weighted by Gasteiger charge is 2.51. The molecule has 1 aromatic carbocycles. The second-order valence-electron chi connectivity index (χ2n) is 6.82. The molecule has 0 unspecified atom stereocenters. The monoisotopic (exact) mass is 410 g/mol. The van der Waals surface area contributed by atoms with E-state index in [0.29, 0.717) is 0 Å². The molecule has 2 aliphatic rings. The Balaban J connectivity index is 1.70. The molecule has 6 atom stereocenters. The predicted octanol–water partition coefficient (Wildman–Crippen LogP) is 2.22. The molecule has 0 bridgehead atoms. The lowest BCUT2D eigenvalue weighted by atomic mass is 9.98. The van der Waals surface area contributed by atoms with E-state index in [2.05, 4.69) is 0 Å². The van der Waals surface area contributed by atoms with Crippen LogP contribution < -0.4 is 0 Å². The van der Waals surface area contributed by atoms with Gasteiger partial charge in [-0.15, -0.1) is 11.8 Å². The van der Waals surface area contributed by atoms with E-state index in [1.807, 2.05) is 37.3 Å². The number of esters is 1. The second kappa shape index (κ2) is 9.84. The standard InChI is InChI=1S/C20H26O7S/c1-3-28-20-18(26-15(22)10-9-12(2)21)16(23)17-14(25-20)11-24-19(27-17)13-7-5-4-6-8-13/h4-8,14,16-20,23H,3,9-11H2,1-2H3/t14-,16+,17-,18-,19-,20+/m1/s1. The summed E-state index contributed by atoms with van der Waals surface area (Å²) >= 11 is 1.45. The quantitative estimate of drug-likeness (QED) is 0.685. The van der Waals surface area contributed by atoms with Gasteiger partial charge in [0.1, 0.15) is 29.5 Å². The fraction of sp³-hybridized carbons (Fsp3) is 0.600. The van der Waals surface area contributed by atoms with Crippen LogP contribution in [0.25, 0.3) is 0 Å². The summed E-state index contributed by atoms with van der Waals surface area (Å²) in [4.78, 5) is 23.3. The van der Waals surface area contributed by atoms with Crippen molar-refractivity contribution >= 4 is 23.5 Å². The van der Waals surface area contributed by atoms with Crippen LogP contribution >= 0.6 is 11.8 Å². The van der Waals surface area contributed by atoms with Crippen molar-refractivity contribution in [1.82, 2.24) is 0 Å². The zero-order valence-electron chi connectivity index (χ0n) is 16.0. The van der Waals surface area contributed by atoms with Gasteiger partial charge < -0.3 is 28.8 Å². The molecule has 2 saturated heterocycles. The Morgan fingerprint density at radius 2 is 1.96 bits per heavy atom. The van der Waals surface area contributed by atoms with E-state index >= 15 is 0 Å². The highest BCUT2D eigenvalue weighted by Crippen LogP contribution is 2.37. The molecule has 0 amide bonds. The zero-order chi connectivity index (χ0) is 20.1. The summed E-state index contributed by atoms with van der Waals surface area (Å²) in [5.41, 5.74) is 0.316. The number of ketones is 1. The summed E-state index contributed by atoms with van der Waals surface area (Å²) in [6.07, 6.45) is -3.60. The van der Waals surface area contributed by atoms with Crippen molar-refractivity contribution in [2.24, 2.45) is 0 Å². The van der Waals surface area contributed by atoms with Crippen LogP contribution in [0, 0.1) is 0 Å². The first kappa shape index (κ1) is 21.3. The zero-order valence-corrected chi connectivity index (χ0v) is 16.8. The third kappa shape index (κ3) is 5.12. The van der Waals surface area contributed by atoms with Gasteiger partial charge in [0.25, 0.3) is 0 Å². The van der Waals surface area contributed by atoms with Crippen molar-refractivity contribution in [3.8, 4) is 0 Å². The summed E-state index contributed by atoms with van der Waals surface area (Å²) < 4.78 is 23.3. The number of ether oxygens (including phenoxy) is 4. The van der Waals surface area contributed by atoms with Crippen molar-refractivity contribution in [3.05, 3.63) is 35.9 Å². The number of thioether (sulfide) groups is 1. The van der Waals surface area contributed by atoms with Gasteiger partial charge in [0, 0.05) is 12.0 Å². The van der Waals surface area contributed by atoms with Crippen LogP contribution in [0.1, 0.15) is 38.5 Å². The predicted molar refractivity (Wildman–Crippen MR) is 103 cm³/mol. The van der Waals surface area contributed by atoms with Crippen LogP contribution in [-0.2, 0) is 28.5 Å². The lowest BCUT2D eigenvalue weighted by Crippen LogP contribution is -2.62. The third-order valence-corrected chi connectivity index (χ3v) is 5.70. The average molecular weight is 410 g/mol. The maximum Gasteiger partial charge on any atom is 0.306 e. The number of carbonyl (C=O) groups excluding carboxylic acids is 2. The summed E-state index contributed by atoms with van der Waals surface area (Å²) in [5, 5.41) is 10.9. The van der Waals surface area contributed by atoms with Crippen molar-refractivity contribution < 1.29 is 33.6 Å². The smallest absolute Gasteiger partial charge is 0.306 e. The minimum Gasteiger partial charge on any atom is -0.456 e. The first-order valence-electron chi connectivity index (χ1n) is 9.45. The molecule has 2 fully saturated rings. The molecular formula is C20H26O7S. The summed E-state index contributed by atoms with van der Waals surface area (Å²) in [7, 11) is 0. The van der Waals surface area contributed by atoms with Gasteiger partial charge in [0.15, 0.2) is 12.4 Å². The van der Waals surface area contributed by atoms with E-state index in [9.17, 15) is 14.7 Å². The Labute approximate surface area is 168 Å². The fourth-order valence-electron chi connectivity index (χ4n) is 3.26. The number of carbonyl (C=O) groups is 2. The van der Waals surface area contributed by atoms with E-state index in [0.717, 1.165) is 11.3 Å². The number of Topliss-reactive ketones (excluding diaryl/α,β-unsaturated/α-hetero) is 1.